The van der Waals surface area contributed by atoms with Gasteiger partial charge in [0.25, 0.3) is 0 Å². The Kier molecular flexibility index (Phi) is 3.88. The summed E-state index contributed by atoms with van der Waals surface area (Å²) >= 11 is 0. The molecule has 1 saturated heterocycles. The number of hydrogen-bond donors (Lipinski definition) is 0. The van der Waals surface area contributed by atoms with Crippen LogP contribution in [0.4, 0.5) is 0 Å². The summed E-state index contributed by atoms with van der Waals surface area (Å²) in [6.07, 6.45) is 2.26. The third kappa shape index (κ3) is 3.89. The van der Waals surface area contributed by atoms with E-state index in [9.17, 15) is 4.79 Å². The van der Waals surface area contributed by atoms with Crippen LogP contribution in [0.3, 0.4) is 0 Å². The first-order valence-electron chi connectivity index (χ1n) is 6.55. The summed E-state index contributed by atoms with van der Waals surface area (Å²) in [4.78, 5) is 11.2. The van der Waals surface area contributed by atoms with Gasteiger partial charge in [0.2, 0.25) is 0 Å². The average Bonchev–Trinajstić information content (AvgIpc) is 2.80. The first-order chi connectivity index (χ1) is 8.66. The zero-order valence-corrected chi connectivity index (χ0v) is 13.1. The van der Waals surface area contributed by atoms with E-state index in [2.05, 4.69) is 19.6 Å². The van der Waals surface area contributed by atoms with E-state index >= 15 is 0 Å². The summed E-state index contributed by atoms with van der Waals surface area (Å²) in [5.41, 5.74) is 0. The minimum atomic E-state index is -1.78. The maximum atomic E-state index is 11.2. The average molecular weight is 286 g/mol. The Morgan fingerprint density at radius 3 is 2.53 bits per heavy atom. The van der Waals surface area contributed by atoms with Crippen LogP contribution < -0.4 is 0 Å². The Balaban J connectivity index is 2.11. The Bertz CT molecular complexity index is 385. The molecule has 0 aromatic carbocycles. The van der Waals surface area contributed by atoms with Gasteiger partial charge in [-0.1, -0.05) is 0 Å². The fourth-order valence-corrected chi connectivity index (χ4v) is 3.31. The van der Waals surface area contributed by atoms with Gasteiger partial charge in [-0.15, -0.1) is 0 Å². The van der Waals surface area contributed by atoms with Gasteiger partial charge in [-0.2, -0.15) is 0 Å². The van der Waals surface area contributed by atoms with Crippen LogP contribution in [0.15, 0.2) is 12.2 Å². The molecule has 0 aliphatic carbocycles. The van der Waals surface area contributed by atoms with Crippen LogP contribution in [0.25, 0.3) is 0 Å². The molecule has 0 radical (unpaired) electrons. The monoisotopic (exact) mass is 286 g/mol. The molecule has 0 bridgehead atoms. The lowest BCUT2D eigenvalue weighted by Crippen LogP contribution is -2.47. The lowest BCUT2D eigenvalue weighted by molar-refractivity contribution is -0.162. The Morgan fingerprint density at radius 2 is 2.11 bits per heavy atom. The number of hydrogen-bond acceptors (Lipinski definition) is 5. The smallest absolute Gasteiger partial charge is 0.331 e. The van der Waals surface area contributed by atoms with Crippen LogP contribution in [0.1, 0.15) is 13.8 Å². The zero-order valence-electron chi connectivity index (χ0n) is 12.1. The highest BCUT2D eigenvalue weighted by molar-refractivity contribution is 6.69. The van der Waals surface area contributed by atoms with Crippen LogP contribution in [-0.2, 0) is 23.4 Å². The molecule has 2 aliphatic heterocycles. The molecule has 2 aliphatic rings. The van der Waals surface area contributed by atoms with E-state index in [1.807, 2.05) is 13.8 Å². The highest BCUT2D eigenvalue weighted by Crippen LogP contribution is 2.30. The second-order valence-electron chi connectivity index (χ2n) is 6.32. The molecule has 108 valence electrons. The number of esters is 1. The summed E-state index contributed by atoms with van der Waals surface area (Å²) in [7, 11) is -1.78. The van der Waals surface area contributed by atoms with E-state index < -0.39 is 14.1 Å². The van der Waals surface area contributed by atoms with Gasteiger partial charge in [0.05, 0.1) is 6.61 Å². The lowest BCUT2D eigenvalue weighted by atomic mass is 10.1. The third-order valence-corrected chi connectivity index (χ3v) is 3.86. The van der Waals surface area contributed by atoms with Crippen molar-refractivity contribution in [3.05, 3.63) is 12.2 Å². The lowest BCUT2D eigenvalue weighted by Gasteiger charge is -2.32. The van der Waals surface area contributed by atoms with Crippen molar-refractivity contribution in [2.75, 3.05) is 6.61 Å². The molecule has 0 aromatic heterocycles. The van der Waals surface area contributed by atoms with Crippen molar-refractivity contribution in [3.63, 3.8) is 0 Å². The third-order valence-electron chi connectivity index (χ3n) is 2.88. The minimum Gasteiger partial charge on any atom is -0.452 e. The van der Waals surface area contributed by atoms with E-state index in [0.29, 0.717) is 6.61 Å². The van der Waals surface area contributed by atoms with E-state index in [4.69, 9.17) is 18.6 Å². The van der Waals surface area contributed by atoms with Crippen molar-refractivity contribution < 1.29 is 23.4 Å². The highest BCUT2D eigenvalue weighted by atomic mass is 28.4. The van der Waals surface area contributed by atoms with E-state index in [1.165, 1.54) is 6.08 Å². The highest BCUT2D eigenvalue weighted by Gasteiger charge is 2.44. The van der Waals surface area contributed by atoms with Crippen molar-refractivity contribution in [1.29, 1.82) is 0 Å². The van der Waals surface area contributed by atoms with Crippen LogP contribution in [0.5, 0.6) is 0 Å². The van der Waals surface area contributed by atoms with E-state index in [1.54, 1.807) is 6.08 Å². The summed E-state index contributed by atoms with van der Waals surface area (Å²) < 4.78 is 22.9. The van der Waals surface area contributed by atoms with Crippen molar-refractivity contribution >= 4 is 14.3 Å². The number of rotatable bonds is 4. The number of cyclic esters (lactones) is 1. The molecule has 3 atom stereocenters. The quantitative estimate of drug-likeness (QED) is 0.583. The Morgan fingerprint density at radius 1 is 1.42 bits per heavy atom. The molecule has 19 heavy (non-hydrogen) atoms. The molecule has 0 aromatic rings. The molecule has 5 nitrogen and oxygen atoms in total. The van der Waals surface area contributed by atoms with Gasteiger partial charge in [-0.25, -0.2) is 4.79 Å². The fraction of sp³-hybridized carbons (Fsp3) is 0.769. The van der Waals surface area contributed by atoms with Crippen molar-refractivity contribution in [2.45, 2.75) is 57.6 Å². The standard InChI is InChI=1S/C13H22O5Si/c1-13(2)15-8-10(17-13)12(18-19(3,4)5)9-6-7-11(14)16-9/h6-7,9-10,12H,8H2,1-5H3/t9-,10-,12+/m1/s1. The van der Waals surface area contributed by atoms with Crippen LogP contribution >= 0.6 is 0 Å². The first-order valence-corrected chi connectivity index (χ1v) is 9.95. The Labute approximate surface area is 115 Å². The summed E-state index contributed by atoms with van der Waals surface area (Å²) in [5, 5.41) is 0. The summed E-state index contributed by atoms with van der Waals surface area (Å²) in [6, 6.07) is 0. The van der Waals surface area contributed by atoms with Crippen molar-refractivity contribution in [3.8, 4) is 0 Å². The van der Waals surface area contributed by atoms with Gasteiger partial charge < -0.3 is 18.6 Å². The van der Waals surface area contributed by atoms with Crippen molar-refractivity contribution in [2.24, 2.45) is 0 Å². The molecule has 0 amide bonds. The fourth-order valence-electron chi connectivity index (χ4n) is 2.20. The molecule has 6 heteroatoms. The predicted octanol–water partition coefficient (Wildman–Crippen LogP) is 1.84. The molecule has 0 spiro atoms. The van der Waals surface area contributed by atoms with Gasteiger partial charge in [0, 0.05) is 6.08 Å². The number of carbonyl (C=O) groups excluding carboxylic acids is 1. The molecule has 0 N–H and O–H groups in total. The van der Waals surface area contributed by atoms with E-state index in [0.717, 1.165) is 0 Å². The summed E-state index contributed by atoms with van der Waals surface area (Å²) in [5.74, 6) is -0.940. The van der Waals surface area contributed by atoms with Crippen LogP contribution in [0.2, 0.25) is 19.6 Å². The number of carbonyl (C=O) groups is 1. The molecule has 2 rings (SSSR count). The predicted molar refractivity (Wildman–Crippen MR) is 72.1 cm³/mol. The Hall–Kier alpha value is -0.693. The van der Waals surface area contributed by atoms with Gasteiger partial charge in [-0.05, 0) is 39.6 Å². The molecular weight excluding hydrogens is 264 g/mol. The zero-order chi connectivity index (χ0) is 14.3. The van der Waals surface area contributed by atoms with Crippen LogP contribution in [0, 0.1) is 0 Å². The first kappa shape index (κ1) is 14.7. The summed E-state index contributed by atoms with van der Waals surface area (Å²) in [6.45, 7) is 10.5. The molecular formula is C13H22O5Si. The molecule has 0 saturated carbocycles. The van der Waals surface area contributed by atoms with Gasteiger partial charge >= 0.3 is 5.97 Å². The maximum Gasteiger partial charge on any atom is 0.331 e. The van der Waals surface area contributed by atoms with Crippen molar-refractivity contribution in [1.82, 2.24) is 0 Å². The normalized spacial score (nSPS) is 31.5. The maximum absolute atomic E-state index is 11.2. The van der Waals surface area contributed by atoms with Gasteiger partial charge in [0.15, 0.2) is 14.1 Å². The number of ether oxygens (including phenoxy) is 3. The topological polar surface area (TPSA) is 54.0 Å². The second-order valence-corrected chi connectivity index (χ2v) is 10.8. The molecule has 0 unspecified atom stereocenters. The SMILES string of the molecule is CC1(C)OC[C@H]([C@@H](O[Si](C)(C)C)[C@H]2C=CC(=O)O2)O1. The minimum absolute atomic E-state index is 0.220. The van der Waals surface area contributed by atoms with Gasteiger partial charge in [-0.3, -0.25) is 0 Å². The largest absolute Gasteiger partial charge is 0.452 e. The van der Waals surface area contributed by atoms with Gasteiger partial charge in [0.1, 0.15) is 18.3 Å². The van der Waals surface area contributed by atoms with E-state index in [-0.39, 0.29) is 24.3 Å². The molecule has 1 fully saturated rings. The van der Waals surface area contributed by atoms with Crippen LogP contribution in [-0.4, -0.2) is 45.0 Å². The second kappa shape index (κ2) is 5.01. The molecule has 2 heterocycles.